The Hall–Kier alpha value is -2.79. The average molecular weight is 1450 g/mol. The minimum Gasteiger partial charge on any atom is -0.477 e. The van der Waals surface area contributed by atoms with Crippen LogP contribution in [-0.2, 0) is 42.8 Å². The van der Waals surface area contributed by atoms with E-state index in [1.807, 2.05) is 6.08 Å². The monoisotopic (exact) mass is 1450 g/mol. The summed E-state index contributed by atoms with van der Waals surface area (Å²) in [6.07, 6.45) is 33.8. The molecular formula is C78H144N2O21. The second kappa shape index (κ2) is 57.4. The van der Waals surface area contributed by atoms with Crippen LogP contribution >= 0.6 is 0 Å². The summed E-state index contributed by atoms with van der Waals surface area (Å²) >= 11 is 0. The lowest BCUT2D eigenvalue weighted by molar-refractivity contribution is -0.386. The van der Waals surface area contributed by atoms with Crippen LogP contribution in [0.3, 0.4) is 0 Å². The second-order valence-electron chi connectivity index (χ2n) is 29.3. The Morgan fingerprint density at radius 2 is 0.931 bits per heavy atom. The van der Waals surface area contributed by atoms with Crippen LogP contribution in [0.4, 0.5) is 0 Å². The van der Waals surface area contributed by atoms with E-state index >= 15 is 0 Å². The van der Waals surface area contributed by atoms with Gasteiger partial charge in [-0.3, -0.25) is 9.59 Å². The van der Waals surface area contributed by atoms with Crippen LogP contribution in [0.5, 0.6) is 0 Å². The third-order valence-electron chi connectivity index (χ3n) is 20.4. The van der Waals surface area contributed by atoms with Crippen LogP contribution in [-0.4, -0.2) is 215 Å². The van der Waals surface area contributed by atoms with Gasteiger partial charge in [-0.05, 0) is 44.9 Å². The predicted molar refractivity (Wildman–Crippen MR) is 389 cm³/mol. The third kappa shape index (κ3) is 38.0. The number of aliphatic hydroxyl groups is 11. The van der Waals surface area contributed by atoms with Crippen molar-refractivity contribution in [2.45, 2.75) is 426 Å². The molecule has 3 fully saturated rings. The molecule has 3 aliphatic heterocycles. The van der Waals surface area contributed by atoms with E-state index in [4.69, 9.17) is 28.4 Å². The first-order valence-electron chi connectivity index (χ1n) is 40.2. The number of hydrogen-bond acceptors (Lipinski definition) is 20. The quantitative estimate of drug-likeness (QED) is 0.0199. The van der Waals surface area contributed by atoms with Crippen LogP contribution in [0.1, 0.15) is 316 Å². The number of carboxylic acid groups (broad SMARTS) is 1. The molecule has 3 saturated heterocycles. The lowest BCUT2D eigenvalue weighted by atomic mass is 9.88. The highest BCUT2D eigenvalue weighted by Gasteiger charge is 2.60. The average Bonchev–Trinajstić information content (AvgIpc) is 0.756. The first-order chi connectivity index (χ1) is 48.9. The van der Waals surface area contributed by atoms with Crippen molar-refractivity contribution < 1.29 is 104 Å². The number of aliphatic hydroxyl groups excluding tert-OH is 11. The molecule has 18 unspecified atom stereocenters. The molecule has 2 amide bonds. The Morgan fingerprint density at radius 1 is 0.515 bits per heavy atom. The van der Waals surface area contributed by atoms with Gasteiger partial charge in [0.1, 0.15) is 67.1 Å². The normalized spacial score (nSPS) is 26.9. The highest BCUT2D eigenvalue weighted by Crippen LogP contribution is 2.39. The van der Waals surface area contributed by atoms with E-state index in [-0.39, 0.29) is 12.3 Å². The number of carbonyl (C=O) groups is 3. The number of unbranched alkanes of at least 4 members (excludes halogenated alkanes) is 41. The zero-order valence-electron chi connectivity index (χ0n) is 62.5. The molecule has 18 atom stereocenters. The molecule has 3 heterocycles. The molecule has 0 aromatic rings. The van der Waals surface area contributed by atoms with E-state index in [1.54, 1.807) is 6.08 Å². The second-order valence-corrected chi connectivity index (χ2v) is 29.3. The molecular weight excluding hydrogens is 1300 g/mol. The number of hydrogen-bond donors (Lipinski definition) is 14. The van der Waals surface area contributed by atoms with Crippen molar-refractivity contribution in [1.29, 1.82) is 0 Å². The van der Waals surface area contributed by atoms with E-state index in [1.165, 1.54) is 225 Å². The van der Waals surface area contributed by atoms with Gasteiger partial charge in [-0.1, -0.05) is 276 Å². The molecule has 592 valence electrons. The number of carboxylic acids is 1. The van der Waals surface area contributed by atoms with Crippen LogP contribution in [0.25, 0.3) is 0 Å². The van der Waals surface area contributed by atoms with E-state index in [0.717, 1.165) is 51.9 Å². The van der Waals surface area contributed by atoms with Crippen LogP contribution < -0.4 is 10.6 Å². The molecule has 23 nitrogen and oxygen atoms in total. The summed E-state index contributed by atoms with van der Waals surface area (Å²) in [5.41, 5.74) is 0. The van der Waals surface area contributed by atoms with Gasteiger partial charge in [0.15, 0.2) is 12.6 Å². The van der Waals surface area contributed by atoms with Crippen LogP contribution in [0, 0.1) is 0 Å². The zero-order valence-corrected chi connectivity index (χ0v) is 62.5. The summed E-state index contributed by atoms with van der Waals surface area (Å²) in [5, 5.41) is 136. The first-order valence-corrected chi connectivity index (χ1v) is 40.2. The van der Waals surface area contributed by atoms with Crippen molar-refractivity contribution >= 4 is 17.8 Å². The summed E-state index contributed by atoms with van der Waals surface area (Å²) in [6.45, 7) is 2.17. The Kier molecular flexibility index (Phi) is 52.5. The van der Waals surface area contributed by atoms with E-state index < -0.39 is 155 Å². The van der Waals surface area contributed by atoms with Crippen molar-refractivity contribution in [2.24, 2.45) is 0 Å². The topological polar surface area (TPSA) is 373 Å². The maximum Gasteiger partial charge on any atom is 0.364 e. The summed E-state index contributed by atoms with van der Waals surface area (Å²) < 4.78 is 34.9. The van der Waals surface area contributed by atoms with Crippen LogP contribution in [0.2, 0.25) is 0 Å². The van der Waals surface area contributed by atoms with Gasteiger partial charge >= 0.3 is 5.97 Å². The lowest BCUT2D eigenvalue weighted by Gasteiger charge is -2.50. The molecule has 0 saturated carbocycles. The van der Waals surface area contributed by atoms with Gasteiger partial charge in [0.2, 0.25) is 11.8 Å². The van der Waals surface area contributed by atoms with Gasteiger partial charge in [-0.2, -0.15) is 0 Å². The third-order valence-corrected chi connectivity index (χ3v) is 20.4. The highest BCUT2D eigenvalue weighted by molar-refractivity contribution is 5.77. The molecule has 23 heteroatoms. The lowest BCUT2D eigenvalue weighted by Crippen LogP contribution is -2.70. The van der Waals surface area contributed by atoms with Crippen molar-refractivity contribution in [3.05, 3.63) is 24.3 Å². The fourth-order valence-corrected chi connectivity index (χ4v) is 14.0. The molecule has 14 N–H and O–H groups in total. The Morgan fingerprint density at radius 3 is 1.35 bits per heavy atom. The molecule has 3 aliphatic rings. The number of allylic oxidation sites excluding steroid dienone is 3. The van der Waals surface area contributed by atoms with Gasteiger partial charge in [0, 0.05) is 19.8 Å². The van der Waals surface area contributed by atoms with Crippen molar-refractivity contribution in [1.82, 2.24) is 10.6 Å². The van der Waals surface area contributed by atoms with Gasteiger partial charge < -0.3 is 100 Å². The molecule has 0 bridgehead atoms. The maximum absolute atomic E-state index is 13.5. The number of carbonyl (C=O) groups excluding carboxylic acids is 2. The molecule has 0 aromatic heterocycles. The number of nitrogens with one attached hydrogen (secondary N) is 2. The standard InChI is InChI=1S/C78H144N2O21/c1-4-6-8-10-12-14-16-18-20-21-22-23-24-25-26-27-28-29-30-31-32-33-34-35-36-38-40-42-44-46-48-50-52-65(88)80-59(60(85)51-49-47-45-43-41-39-37-19-17-15-13-11-9-7-5-2)57-96-75-70(92)69(91)72(64(56-83)98-75)99-76-71(93)74(68(90)63(55-82)97-76)101-78(77(94)95)53-61(86)66(79-58(3)84)73(100-78)67(89)62(87)54-81/h25-26,49,51,59-64,66-76,81-83,85-87,89-93H,4-24,27-48,50,52-57H2,1-3H3,(H,79,84)(H,80,88)(H,94,95)/b26-25-,51-49+. The molecule has 0 aromatic carbocycles. The Balaban J connectivity index is 1.47. The Labute approximate surface area is 606 Å². The summed E-state index contributed by atoms with van der Waals surface area (Å²) in [7, 11) is 0. The number of amides is 2. The molecule has 0 radical (unpaired) electrons. The molecule has 0 spiro atoms. The van der Waals surface area contributed by atoms with Gasteiger partial charge in [-0.15, -0.1) is 0 Å². The minimum absolute atomic E-state index is 0.203. The fourth-order valence-electron chi connectivity index (χ4n) is 14.0. The Bertz CT molecular complexity index is 2110. The number of ether oxygens (including phenoxy) is 6. The molecule has 0 aliphatic carbocycles. The maximum atomic E-state index is 13.5. The largest absolute Gasteiger partial charge is 0.477 e. The van der Waals surface area contributed by atoms with Crippen molar-refractivity contribution in [2.75, 3.05) is 26.4 Å². The first kappa shape index (κ1) is 92.4. The van der Waals surface area contributed by atoms with Crippen molar-refractivity contribution in [3.63, 3.8) is 0 Å². The van der Waals surface area contributed by atoms with Gasteiger partial charge in [0.05, 0.1) is 50.7 Å². The van der Waals surface area contributed by atoms with E-state index in [2.05, 4.69) is 36.6 Å². The SMILES string of the molecule is CCCCCCCCCCCCCC/C=C\CCCCCCCCCCCCCCCCCCC(=O)NC(COC1OC(CO)C(OC2OC(CO)C(O)C(OC3(C(=O)O)CC(O)C(NC(C)=O)C(C(O)C(O)CO)O3)C2O)C(O)C1O)C(O)/C=C/CCCCCCCCCCCCCCC. The van der Waals surface area contributed by atoms with E-state index in [0.29, 0.717) is 12.8 Å². The van der Waals surface area contributed by atoms with Crippen molar-refractivity contribution in [3.8, 4) is 0 Å². The highest BCUT2D eigenvalue weighted by atomic mass is 16.8. The predicted octanol–water partition coefficient (Wildman–Crippen LogP) is 10.4. The summed E-state index contributed by atoms with van der Waals surface area (Å²) in [4.78, 5) is 38.6. The summed E-state index contributed by atoms with van der Waals surface area (Å²) in [5.74, 6) is -6.14. The minimum atomic E-state index is -3.08. The molecule has 3 rings (SSSR count). The summed E-state index contributed by atoms with van der Waals surface area (Å²) in [6, 6.07) is -2.62. The van der Waals surface area contributed by atoms with Gasteiger partial charge in [-0.25, -0.2) is 4.79 Å². The number of rotatable bonds is 63. The smallest absolute Gasteiger partial charge is 0.364 e. The van der Waals surface area contributed by atoms with Crippen LogP contribution in [0.15, 0.2) is 24.3 Å². The van der Waals surface area contributed by atoms with E-state index in [9.17, 15) is 75.7 Å². The molecule has 101 heavy (non-hydrogen) atoms. The zero-order chi connectivity index (χ0) is 73.9. The number of aliphatic carboxylic acids is 1. The van der Waals surface area contributed by atoms with Gasteiger partial charge in [0.25, 0.3) is 5.79 Å². The fraction of sp³-hybridized carbons (Fsp3) is 0.910.